The largest absolute Gasteiger partial charge is 0.318 e. The van der Waals surface area contributed by atoms with E-state index in [1.165, 1.54) is 10.6 Å². The predicted octanol–water partition coefficient (Wildman–Crippen LogP) is 3.86. The number of carbonyl (C=O) groups excluding carboxylic acids is 2. The van der Waals surface area contributed by atoms with Gasteiger partial charge in [-0.2, -0.15) is 0 Å². The number of hydrogen-bond donors (Lipinski definition) is 1. The number of carbonyl (C=O) groups is 2. The van der Waals surface area contributed by atoms with Gasteiger partial charge in [-0.05, 0) is 62.7 Å². The first kappa shape index (κ1) is 17.8. The number of para-hydroxylation sites is 1. The van der Waals surface area contributed by atoms with Gasteiger partial charge in [0.15, 0.2) is 0 Å². The molecule has 0 unspecified atom stereocenters. The maximum atomic E-state index is 12.8. The normalized spacial score (nSPS) is 15.4. The van der Waals surface area contributed by atoms with Gasteiger partial charge in [-0.3, -0.25) is 15.0 Å². The van der Waals surface area contributed by atoms with Crippen LogP contribution in [0.3, 0.4) is 0 Å². The van der Waals surface area contributed by atoms with Gasteiger partial charge in [0, 0.05) is 17.1 Å². The van der Waals surface area contributed by atoms with Gasteiger partial charge >= 0.3 is 0 Å². The molecule has 3 aromatic rings. The highest BCUT2D eigenvalue weighted by Gasteiger charge is 2.34. The minimum Gasteiger partial charge on any atom is -0.318 e. The summed E-state index contributed by atoms with van der Waals surface area (Å²) in [7, 11) is 0. The van der Waals surface area contributed by atoms with Gasteiger partial charge in [0.2, 0.25) is 0 Å². The number of benzene rings is 2. The van der Waals surface area contributed by atoms with Crippen molar-refractivity contribution >= 4 is 23.6 Å². The number of aryl methyl sites for hydroxylation is 2. The van der Waals surface area contributed by atoms with Crippen LogP contribution in [0.1, 0.15) is 22.5 Å². The van der Waals surface area contributed by atoms with Crippen LogP contribution in [0.25, 0.3) is 11.8 Å². The molecule has 1 N–H and O–H groups in total. The Kier molecular flexibility index (Phi) is 4.35. The Morgan fingerprint density at radius 1 is 0.857 bits per heavy atom. The second kappa shape index (κ2) is 6.85. The minimum absolute atomic E-state index is 0.132. The van der Waals surface area contributed by atoms with Gasteiger partial charge in [0.1, 0.15) is 5.57 Å². The fraction of sp³-hybridized carbons (Fsp3) is 0.130. The zero-order chi connectivity index (χ0) is 19.8. The fourth-order valence-electron chi connectivity index (χ4n) is 3.50. The number of rotatable bonds is 3. The van der Waals surface area contributed by atoms with E-state index in [1.54, 1.807) is 18.2 Å². The van der Waals surface area contributed by atoms with Crippen LogP contribution in [-0.4, -0.2) is 16.4 Å². The number of aromatic nitrogens is 1. The SMILES string of the molecule is Cc1ccc(-n2c(C)cc(C=C3C(=O)NN(c4ccccc4)C3=O)c2C)cc1. The average molecular weight is 371 g/mol. The summed E-state index contributed by atoms with van der Waals surface area (Å²) >= 11 is 0. The molecule has 2 heterocycles. The van der Waals surface area contributed by atoms with Gasteiger partial charge in [-0.15, -0.1) is 0 Å². The quantitative estimate of drug-likeness (QED) is 0.561. The van der Waals surface area contributed by atoms with Gasteiger partial charge in [-0.25, -0.2) is 5.01 Å². The number of amides is 2. The van der Waals surface area contributed by atoms with Crippen LogP contribution in [0.2, 0.25) is 0 Å². The Hall–Kier alpha value is -3.60. The highest BCUT2D eigenvalue weighted by molar-refractivity contribution is 6.31. The van der Waals surface area contributed by atoms with Crippen molar-refractivity contribution in [2.75, 3.05) is 5.01 Å². The van der Waals surface area contributed by atoms with Crippen LogP contribution in [0.5, 0.6) is 0 Å². The number of nitrogens with zero attached hydrogens (tertiary/aromatic N) is 2. The molecule has 5 nitrogen and oxygen atoms in total. The van der Waals surface area contributed by atoms with Crippen LogP contribution in [-0.2, 0) is 9.59 Å². The summed E-state index contributed by atoms with van der Waals surface area (Å²) in [4.78, 5) is 25.2. The standard InChI is InChI=1S/C23H21N3O2/c1-15-9-11-19(12-10-15)25-16(2)13-18(17(25)3)14-21-22(27)24-26(23(21)28)20-7-5-4-6-8-20/h4-14H,1-3H3,(H,24,27). The first-order chi connectivity index (χ1) is 13.5. The first-order valence-electron chi connectivity index (χ1n) is 9.14. The Bertz CT molecular complexity index is 1090. The molecule has 1 aromatic heterocycles. The number of nitrogens with one attached hydrogen (secondary N) is 1. The van der Waals surface area contributed by atoms with Gasteiger partial charge in [-0.1, -0.05) is 35.9 Å². The lowest BCUT2D eigenvalue weighted by Gasteiger charge is -2.13. The lowest BCUT2D eigenvalue weighted by Crippen LogP contribution is -2.35. The van der Waals surface area contributed by atoms with E-state index in [4.69, 9.17) is 0 Å². The Morgan fingerprint density at radius 3 is 2.21 bits per heavy atom. The molecule has 2 amide bonds. The van der Waals surface area contributed by atoms with Crippen LogP contribution < -0.4 is 10.4 Å². The summed E-state index contributed by atoms with van der Waals surface area (Å²) in [5, 5.41) is 1.29. The minimum atomic E-state index is -0.394. The van der Waals surface area contributed by atoms with Crippen molar-refractivity contribution in [3.05, 3.63) is 88.8 Å². The molecule has 1 aliphatic rings. The summed E-state index contributed by atoms with van der Waals surface area (Å²) in [5.74, 6) is -0.745. The molecule has 28 heavy (non-hydrogen) atoms. The third-order valence-corrected chi connectivity index (χ3v) is 4.97. The van der Waals surface area contributed by atoms with Crippen LogP contribution in [0.4, 0.5) is 5.69 Å². The molecule has 4 rings (SSSR count). The van der Waals surface area contributed by atoms with Crippen molar-refractivity contribution in [1.29, 1.82) is 0 Å². The van der Waals surface area contributed by atoms with Crippen molar-refractivity contribution in [3.63, 3.8) is 0 Å². The van der Waals surface area contributed by atoms with Gasteiger partial charge in [0.05, 0.1) is 5.69 Å². The molecule has 0 radical (unpaired) electrons. The molecule has 0 bridgehead atoms. The van der Waals surface area contributed by atoms with Crippen molar-refractivity contribution in [1.82, 2.24) is 9.99 Å². The Labute approximate surface area is 163 Å². The topological polar surface area (TPSA) is 54.3 Å². The van der Waals surface area contributed by atoms with Crippen molar-refractivity contribution in [2.24, 2.45) is 0 Å². The summed E-state index contributed by atoms with van der Waals surface area (Å²) < 4.78 is 2.12. The second-order valence-electron chi connectivity index (χ2n) is 6.97. The maximum absolute atomic E-state index is 12.8. The van der Waals surface area contributed by atoms with E-state index in [9.17, 15) is 9.59 Å². The molecule has 5 heteroatoms. The zero-order valence-electron chi connectivity index (χ0n) is 16.1. The molecular formula is C23H21N3O2. The third-order valence-electron chi connectivity index (χ3n) is 4.97. The lowest BCUT2D eigenvalue weighted by molar-refractivity contribution is -0.117. The highest BCUT2D eigenvalue weighted by Crippen LogP contribution is 2.26. The molecule has 1 aliphatic heterocycles. The van der Waals surface area contributed by atoms with E-state index in [2.05, 4.69) is 41.2 Å². The molecule has 0 saturated carbocycles. The van der Waals surface area contributed by atoms with E-state index in [0.29, 0.717) is 5.69 Å². The van der Waals surface area contributed by atoms with Gasteiger partial charge < -0.3 is 4.57 Å². The molecule has 1 saturated heterocycles. The highest BCUT2D eigenvalue weighted by atomic mass is 16.2. The van der Waals surface area contributed by atoms with Crippen LogP contribution in [0.15, 0.2) is 66.2 Å². The molecule has 1 fully saturated rings. The second-order valence-corrected chi connectivity index (χ2v) is 6.97. The van der Waals surface area contributed by atoms with Crippen molar-refractivity contribution in [3.8, 4) is 5.69 Å². The van der Waals surface area contributed by atoms with E-state index < -0.39 is 5.91 Å². The summed E-state index contributed by atoms with van der Waals surface area (Å²) in [6, 6.07) is 19.3. The lowest BCUT2D eigenvalue weighted by atomic mass is 10.1. The number of hydrogen-bond acceptors (Lipinski definition) is 2. The molecular weight excluding hydrogens is 350 g/mol. The number of hydrazine groups is 1. The molecule has 0 spiro atoms. The molecule has 140 valence electrons. The Balaban J connectivity index is 1.71. The maximum Gasteiger partial charge on any atom is 0.282 e. The van der Waals surface area contributed by atoms with E-state index >= 15 is 0 Å². The first-order valence-corrected chi connectivity index (χ1v) is 9.14. The van der Waals surface area contributed by atoms with E-state index in [-0.39, 0.29) is 11.5 Å². The fourth-order valence-corrected chi connectivity index (χ4v) is 3.50. The smallest absolute Gasteiger partial charge is 0.282 e. The van der Waals surface area contributed by atoms with Gasteiger partial charge in [0.25, 0.3) is 11.8 Å². The van der Waals surface area contributed by atoms with Crippen molar-refractivity contribution < 1.29 is 9.59 Å². The third kappa shape index (κ3) is 3.01. The molecule has 0 aliphatic carbocycles. The van der Waals surface area contributed by atoms with E-state index in [1.807, 2.05) is 38.1 Å². The predicted molar refractivity (Wildman–Crippen MR) is 110 cm³/mol. The average Bonchev–Trinajstić information content (AvgIpc) is 3.13. The molecule has 2 aromatic carbocycles. The van der Waals surface area contributed by atoms with Crippen molar-refractivity contribution in [2.45, 2.75) is 20.8 Å². The van der Waals surface area contributed by atoms with Crippen LogP contribution in [0, 0.1) is 20.8 Å². The number of anilines is 1. The summed E-state index contributed by atoms with van der Waals surface area (Å²) in [6.45, 7) is 6.06. The monoisotopic (exact) mass is 371 g/mol. The van der Waals surface area contributed by atoms with E-state index in [0.717, 1.165) is 22.6 Å². The van der Waals surface area contributed by atoms with Crippen LogP contribution >= 0.6 is 0 Å². The Morgan fingerprint density at radius 2 is 1.54 bits per heavy atom. The summed E-state index contributed by atoms with van der Waals surface area (Å²) in [6.07, 6.45) is 1.67. The molecule has 0 atom stereocenters. The zero-order valence-corrected chi connectivity index (χ0v) is 16.1. The summed E-state index contributed by atoms with van der Waals surface area (Å²) in [5.41, 5.74) is 8.53.